The zero-order valence-corrected chi connectivity index (χ0v) is 18.9. The number of ether oxygens (including phenoxy) is 1. The van der Waals surface area contributed by atoms with E-state index in [4.69, 9.17) is 16.3 Å². The van der Waals surface area contributed by atoms with Crippen LogP contribution in [-0.4, -0.2) is 43.0 Å². The average Bonchev–Trinajstić information content (AvgIpc) is 3.09. The molecule has 1 aliphatic heterocycles. The normalized spacial score (nSPS) is 14.6. The van der Waals surface area contributed by atoms with E-state index in [9.17, 15) is 14.4 Å². The van der Waals surface area contributed by atoms with Crippen LogP contribution in [0.5, 0.6) is 0 Å². The molecular weight excluding hydrogens is 482 g/mol. The van der Waals surface area contributed by atoms with Crippen molar-refractivity contribution in [3.63, 3.8) is 0 Å². The highest BCUT2D eigenvalue weighted by Crippen LogP contribution is 2.30. The second kappa shape index (κ2) is 8.83. The van der Waals surface area contributed by atoms with Crippen molar-refractivity contribution in [2.75, 3.05) is 30.0 Å². The molecule has 1 saturated heterocycles. The second-order valence-electron chi connectivity index (χ2n) is 6.90. The first-order chi connectivity index (χ1) is 13.7. The van der Waals surface area contributed by atoms with Crippen molar-refractivity contribution < 1.29 is 19.1 Å². The number of amides is 3. The summed E-state index contributed by atoms with van der Waals surface area (Å²) in [4.78, 5) is 39.1. The number of nitrogens with one attached hydrogen (secondary N) is 2. The Kier molecular flexibility index (Phi) is 6.62. The van der Waals surface area contributed by atoms with Gasteiger partial charge in [0, 0.05) is 12.2 Å². The Morgan fingerprint density at radius 2 is 2.03 bits per heavy atom. The van der Waals surface area contributed by atoms with Crippen LogP contribution in [0.1, 0.15) is 23.5 Å². The molecule has 0 atom stereocenters. The fourth-order valence-corrected chi connectivity index (χ4v) is 4.27. The molecule has 0 spiro atoms. The molecule has 1 fully saturated rings. The number of thiophene rings is 1. The van der Waals surface area contributed by atoms with Gasteiger partial charge in [0.25, 0.3) is 11.8 Å². The molecule has 7 nitrogen and oxygen atoms in total. The van der Waals surface area contributed by atoms with E-state index in [-0.39, 0.29) is 18.4 Å². The summed E-state index contributed by atoms with van der Waals surface area (Å²) in [6, 6.07) is 8.37. The Morgan fingerprint density at radius 1 is 1.28 bits per heavy atom. The summed E-state index contributed by atoms with van der Waals surface area (Å²) in [7, 11) is 0. The monoisotopic (exact) mass is 499 g/mol. The van der Waals surface area contributed by atoms with Crippen molar-refractivity contribution in [1.29, 1.82) is 0 Å². The predicted octanol–water partition coefficient (Wildman–Crippen LogP) is 3.67. The molecule has 0 bridgehead atoms. The molecule has 29 heavy (non-hydrogen) atoms. The van der Waals surface area contributed by atoms with Crippen molar-refractivity contribution in [3.8, 4) is 0 Å². The Bertz CT molecular complexity index is 963. The molecule has 0 radical (unpaired) electrons. The highest BCUT2D eigenvalue weighted by atomic mass is 79.9. The van der Waals surface area contributed by atoms with E-state index < -0.39 is 11.4 Å². The van der Waals surface area contributed by atoms with Gasteiger partial charge in [0.05, 0.1) is 26.0 Å². The number of rotatable bonds is 5. The number of morpholine rings is 1. The number of nitrogens with zero attached hydrogens (tertiary/aromatic N) is 1. The van der Waals surface area contributed by atoms with Crippen molar-refractivity contribution >= 4 is 68.0 Å². The number of anilines is 2. The number of carbonyl (C=O) groups is 3. The highest BCUT2D eigenvalue weighted by molar-refractivity contribution is 9.11. The lowest BCUT2D eigenvalue weighted by Gasteiger charge is -2.28. The molecular formula is C19H19BrClN3O4S. The van der Waals surface area contributed by atoms with Crippen LogP contribution in [0, 0.1) is 0 Å². The molecule has 1 aromatic heterocycles. The summed E-state index contributed by atoms with van der Waals surface area (Å²) < 4.78 is 5.96. The third kappa shape index (κ3) is 5.16. The lowest BCUT2D eigenvalue weighted by Crippen LogP contribution is -2.52. The summed E-state index contributed by atoms with van der Waals surface area (Å²) in [5.41, 5.74) is -0.127. The fourth-order valence-electron chi connectivity index (χ4n) is 2.70. The Hall–Kier alpha value is -1.94. The first-order valence-corrected chi connectivity index (χ1v) is 10.7. The molecule has 1 aliphatic rings. The van der Waals surface area contributed by atoms with E-state index in [1.807, 2.05) is 0 Å². The van der Waals surface area contributed by atoms with Gasteiger partial charge >= 0.3 is 0 Å². The topological polar surface area (TPSA) is 87.7 Å². The smallest absolute Gasteiger partial charge is 0.262 e. The lowest BCUT2D eigenvalue weighted by atomic mass is 10.0. The standard InChI is InChI=1S/C19H19BrClN3O4S/c1-19(2,23-17(26)14-5-6-15(20)29-14)18(27)22-11-3-4-13(12(21)9-11)24-7-8-28-10-16(24)25/h3-6,9H,7-8,10H2,1-2H3,(H,22,27)(H,23,26). The minimum absolute atomic E-state index is 0.0174. The van der Waals surface area contributed by atoms with Crippen LogP contribution in [0.25, 0.3) is 0 Å². The van der Waals surface area contributed by atoms with E-state index >= 15 is 0 Å². The average molecular weight is 501 g/mol. The summed E-state index contributed by atoms with van der Waals surface area (Å²) >= 11 is 10.9. The third-order valence-corrected chi connectivity index (χ3v) is 6.20. The van der Waals surface area contributed by atoms with Crippen LogP contribution < -0.4 is 15.5 Å². The van der Waals surface area contributed by atoms with Crippen LogP contribution in [-0.2, 0) is 14.3 Å². The largest absolute Gasteiger partial charge is 0.370 e. The number of halogens is 2. The summed E-state index contributed by atoms with van der Waals surface area (Å²) in [5, 5.41) is 5.82. The molecule has 0 saturated carbocycles. The maximum atomic E-state index is 12.7. The van der Waals surface area contributed by atoms with Gasteiger partial charge in [-0.25, -0.2) is 0 Å². The minimum atomic E-state index is -1.15. The summed E-state index contributed by atoms with van der Waals surface area (Å²) in [5.74, 6) is -0.896. The third-order valence-electron chi connectivity index (χ3n) is 4.27. The van der Waals surface area contributed by atoms with Gasteiger partial charge in [-0.2, -0.15) is 0 Å². The first-order valence-electron chi connectivity index (χ1n) is 8.74. The van der Waals surface area contributed by atoms with Crippen LogP contribution >= 0.6 is 38.9 Å². The molecule has 0 unspecified atom stereocenters. The van der Waals surface area contributed by atoms with Crippen molar-refractivity contribution in [2.45, 2.75) is 19.4 Å². The van der Waals surface area contributed by atoms with Crippen LogP contribution in [0.4, 0.5) is 11.4 Å². The van der Waals surface area contributed by atoms with Crippen molar-refractivity contribution in [3.05, 3.63) is 44.0 Å². The van der Waals surface area contributed by atoms with Gasteiger partial charge in [0.1, 0.15) is 12.1 Å². The molecule has 154 valence electrons. The molecule has 1 aromatic carbocycles. The lowest BCUT2D eigenvalue weighted by molar-refractivity contribution is -0.125. The highest BCUT2D eigenvalue weighted by Gasteiger charge is 2.31. The van der Waals surface area contributed by atoms with E-state index in [2.05, 4.69) is 26.6 Å². The zero-order chi connectivity index (χ0) is 21.2. The van der Waals surface area contributed by atoms with E-state index in [0.717, 1.165) is 3.79 Å². The molecule has 2 aromatic rings. The van der Waals surface area contributed by atoms with E-state index in [0.29, 0.717) is 34.4 Å². The molecule has 2 heterocycles. The maximum Gasteiger partial charge on any atom is 0.262 e. The molecule has 10 heteroatoms. The van der Waals surface area contributed by atoms with Gasteiger partial charge in [0.2, 0.25) is 5.91 Å². The van der Waals surface area contributed by atoms with Gasteiger partial charge in [-0.05, 0) is 60.1 Å². The number of hydrogen-bond donors (Lipinski definition) is 2. The van der Waals surface area contributed by atoms with Crippen molar-refractivity contribution in [2.24, 2.45) is 0 Å². The number of benzene rings is 1. The zero-order valence-electron chi connectivity index (χ0n) is 15.8. The van der Waals surface area contributed by atoms with Gasteiger partial charge in [0.15, 0.2) is 0 Å². The van der Waals surface area contributed by atoms with Crippen LogP contribution in [0.2, 0.25) is 5.02 Å². The molecule has 2 N–H and O–H groups in total. The van der Waals surface area contributed by atoms with Gasteiger partial charge in [-0.15, -0.1) is 11.3 Å². The van der Waals surface area contributed by atoms with Crippen molar-refractivity contribution in [1.82, 2.24) is 5.32 Å². The van der Waals surface area contributed by atoms with Crippen LogP contribution in [0.3, 0.4) is 0 Å². The quantitative estimate of drug-likeness (QED) is 0.656. The Balaban J connectivity index is 1.68. The molecule has 3 amide bonds. The summed E-state index contributed by atoms with van der Waals surface area (Å²) in [6.07, 6.45) is 0. The van der Waals surface area contributed by atoms with Gasteiger partial charge in [-0.1, -0.05) is 11.6 Å². The Labute approximate surface area is 185 Å². The fraction of sp³-hybridized carbons (Fsp3) is 0.316. The van der Waals surface area contributed by atoms with Crippen LogP contribution in [0.15, 0.2) is 34.1 Å². The maximum absolute atomic E-state index is 12.7. The Morgan fingerprint density at radius 3 is 2.66 bits per heavy atom. The first kappa shape index (κ1) is 21.8. The van der Waals surface area contributed by atoms with E-state index in [1.165, 1.54) is 11.3 Å². The van der Waals surface area contributed by atoms with Gasteiger partial charge in [-0.3, -0.25) is 14.4 Å². The predicted molar refractivity (Wildman–Crippen MR) is 117 cm³/mol. The SMILES string of the molecule is CC(C)(NC(=O)c1ccc(Br)s1)C(=O)Nc1ccc(N2CCOCC2=O)c(Cl)c1. The van der Waals surface area contributed by atoms with Gasteiger partial charge < -0.3 is 20.3 Å². The number of carbonyl (C=O) groups excluding carboxylic acids is 3. The minimum Gasteiger partial charge on any atom is -0.370 e. The second-order valence-corrected chi connectivity index (χ2v) is 9.77. The molecule has 0 aliphatic carbocycles. The van der Waals surface area contributed by atoms with E-state index in [1.54, 1.807) is 49.1 Å². The summed E-state index contributed by atoms with van der Waals surface area (Å²) in [6.45, 7) is 4.11. The number of hydrogen-bond acceptors (Lipinski definition) is 5. The molecule has 3 rings (SSSR count).